The van der Waals surface area contributed by atoms with E-state index in [9.17, 15) is 9.90 Å². The lowest BCUT2D eigenvalue weighted by molar-refractivity contribution is -0.135. The van der Waals surface area contributed by atoms with Crippen LogP contribution in [0.2, 0.25) is 5.02 Å². The number of aromatic nitrogens is 1. The van der Waals surface area contributed by atoms with Crippen LogP contribution in [0.5, 0.6) is 0 Å². The van der Waals surface area contributed by atoms with E-state index in [-0.39, 0.29) is 6.54 Å². The Morgan fingerprint density at radius 1 is 1.24 bits per heavy atom. The number of carbonyl (C=O) groups is 1. The number of ether oxygens (including phenoxy) is 1. The van der Waals surface area contributed by atoms with Gasteiger partial charge in [-0.2, -0.15) is 0 Å². The van der Waals surface area contributed by atoms with Crippen molar-refractivity contribution in [3.8, 4) is 0 Å². The van der Waals surface area contributed by atoms with Gasteiger partial charge in [-0.1, -0.05) is 17.7 Å². The molecule has 1 aliphatic heterocycles. The minimum atomic E-state index is -0.912. The summed E-state index contributed by atoms with van der Waals surface area (Å²) in [4.78, 5) is 17.8. The van der Waals surface area contributed by atoms with Gasteiger partial charge in [0.1, 0.15) is 12.4 Å². The summed E-state index contributed by atoms with van der Waals surface area (Å²) in [5.41, 5.74) is 3.19. The van der Waals surface area contributed by atoms with Crippen molar-refractivity contribution in [2.45, 2.75) is 44.2 Å². The number of anilines is 2. The van der Waals surface area contributed by atoms with E-state index >= 15 is 0 Å². The number of rotatable bonds is 8. The van der Waals surface area contributed by atoms with Crippen molar-refractivity contribution < 1.29 is 14.6 Å². The SMILES string of the molecule is O=C(O)CN(c1cccc(Cl)c1)c1cc(C2CC2)c(CNC2CCOCC2)cn1. The number of benzene rings is 1. The molecule has 4 rings (SSSR count). The van der Waals surface area contributed by atoms with Crippen LogP contribution in [0.1, 0.15) is 42.7 Å². The molecule has 6 nitrogen and oxygen atoms in total. The molecule has 2 N–H and O–H groups in total. The molecule has 2 aliphatic rings. The molecule has 0 atom stereocenters. The van der Waals surface area contributed by atoms with Crippen LogP contribution in [0.15, 0.2) is 36.5 Å². The molecule has 0 unspecified atom stereocenters. The molecule has 2 heterocycles. The Morgan fingerprint density at radius 2 is 2.03 bits per heavy atom. The second-order valence-corrected chi connectivity index (χ2v) is 8.18. The van der Waals surface area contributed by atoms with Gasteiger partial charge in [-0.15, -0.1) is 0 Å². The zero-order valence-electron chi connectivity index (χ0n) is 16.3. The van der Waals surface area contributed by atoms with E-state index in [0.717, 1.165) is 38.3 Å². The highest BCUT2D eigenvalue weighted by molar-refractivity contribution is 6.30. The summed E-state index contributed by atoms with van der Waals surface area (Å²) in [6.45, 7) is 2.24. The first-order valence-corrected chi connectivity index (χ1v) is 10.5. The monoisotopic (exact) mass is 415 g/mol. The molecule has 1 aliphatic carbocycles. The molecular weight excluding hydrogens is 390 g/mol. The maximum absolute atomic E-state index is 11.5. The van der Waals surface area contributed by atoms with Crippen LogP contribution >= 0.6 is 11.6 Å². The summed E-state index contributed by atoms with van der Waals surface area (Å²) in [6, 6.07) is 9.75. The molecule has 1 aromatic carbocycles. The highest BCUT2D eigenvalue weighted by atomic mass is 35.5. The van der Waals surface area contributed by atoms with E-state index in [0.29, 0.717) is 22.8 Å². The first-order chi connectivity index (χ1) is 14.1. The van der Waals surface area contributed by atoms with Crippen molar-refractivity contribution in [1.82, 2.24) is 10.3 Å². The van der Waals surface area contributed by atoms with Gasteiger partial charge < -0.3 is 20.1 Å². The molecule has 0 bridgehead atoms. The molecule has 0 radical (unpaired) electrons. The maximum atomic E-state index is 11.5. The second kappa shape index (κ2) is 9.11. The summed E-state index contributed by atoms with van der Waals surface area (Å²) in [7, 11) is 0. The van der Waals surface area contributed by atoms with Crippen LogP contribution in [0.3, 0.4) is 0 Å². The number of carboxylic acid groups (broad SMARTS) is 1. The van der Waals surface area contributed by atoms with Crippen molar-refractivity contribution in [2.24, 2.45) is 0 Å². The standard InChI is InChI=1S/C22H26ClN3O3/c23-17-2-1-3-19(10-17)26(14-22(27)28)21-11-20(15-4-5-15)16(13-25-21)12-24-18-6-8-29-9-7-18/h1-3,10-11,13,15,18,24H,4-9,12,14H2,(H,27,28). The van der Waals surface area contributed by atoms with Crippen molar-refractivity contribution in [3.63, 3.8) is 0 Å². The maximum Gasteiger partial charge on any atom is 0.323 e. The number of nitrogens with one attached hydrogen (secondary N) is 1. The fourth-order valence-corrected chi connectivity index (χ4v) is 3.98. The third-order valence-corrected chi connectivity index (χ3v) is 5.75. The quantitative estimate of drug-likeness (QED) is 0.676. The number of hydrogen-bond acceptors (Lipinski definition) is 5. The zero-order valence-corrected chi connectivity index (χ0v) is 17.1. The van der Waals surface area contributed by atoms with Gasteiger partial charge in [-0.3, -0.25) is 4.79 Å². The Kier molecular flexibility index (Phi) is 6.33. The molecule has 29 heavy (non-hydrogen) atoms. The first kappa shape index (κ1) is 20.1. The van der Waals surface area contributed by atoms with Crippen molar-refractivity contribution in [3.05, 3.63) is 52.7 Å². The Bertz CT molecular complexity index is 866. The van der Waals surface area contributed by atoms with Crippen molar-refractivity contribution >= 4 is 29.1 Å². The summed E-state index contributed by atoms with van der Waals surface area (Å²) >= 11 is 6.13. The van der Waals surface area contributed by atoms with Crippen LogP contribution in [-0.4, -0.2) is 41.9 Å². The highest BCUT2D eigenvalue weighted by Gasteiger charge is 2.28. The van der Waals surface area contributed by atoms with Gasteiger partial charge in [0.2, 0.25) is 0 Å². The van der Waals surface area contributed by atoms with Crippen LogP contribution in [0, 0.1) is 0 Å². The highest BCUT2D eigenvalue weighted by Crippen LogP contribution is 2.43. The molecule has 1 saturated carbocycles. The Balaban J connectivity index is 1.58. The van der Waals surface area contributed by atoms with Gasteiger partial charge in [0.15, 0.2) is 0 Å². The minimum absolute atomic E-state index is 0.170. The van der Waals surface area contributed by atoms with Crippen LogP contribution in [0.25, 0.3) is 0 Å². The fraction of sp³-hybridized carbons (Fsp3) is 0.455. The third-order valence-electron chi connectivity index (χ3n) is 5.52. The second-order valence-electron chi connectivity index (χ2n) is 7.74. The lowest BCUT2D eigenvalue weighted by Gasteiger charge is -2.25. The normalized spacial score (nSPS) is 17.3. The van der Waals surface area contributed by atoms with E-state index in [1.807, 2.05) is 18.3 Å². The Morgan fingerprint density at radius 3 is 2.72 bits per heavy atom. The lowest BCUT2D eigenvalue weighted by atomic mass is 10.0. The minimum Gasteiger partial charge on any atom is -0.480 e. The third kappa shape index (κ3) is 5.26. The number of pyridine rings is 1. The molecule has 2 fully saturated rings. The van der Waals surface area contributed by atoms with E-state index in [1.165, 1.54) is 24.0 Å². The van der Waals surface area contributed by atoms with Crippen molar-refractivity contribution in [1.29, 1.82) is 0 Å². The first-order valence-electron chi connectivity index (χ1n) is 10.1. The summed E-state index contributed by atoms with van der Waals surface area (Å²) < 4.78 is 5.43. The molecule has 1 saturated heterocycles. The number of carboxylic acids is 1. The van der Waals surface area contributed by atoms with Gasteiger partial charge in [0, 0.05) is 42.7 Å². The zero-order chi connectivity index (χ0) is 20.2. The van der Waals surface area contributed by atoms with Crippen molar-refractivity contribution in [2.75, 3.05) is 24.7 Å². The predicted octanol–water partition coefficient (Wildman–Crippen LogP) is 4.10. The van der Waals surface area contributed by atoms with E-state index in [4.69, 9.17) is 16.3 Å². The number of hydrogen-bond donors (Lipinski definition) is 2. The van der Waals surface area contributed by atoms with Gasteiger partial charge >= 0.3 is 5.97 Å². The van der Waals surface area contributed by atoms with Crippen LogP contribution in [0.4, 0.5) is 11.5 Å². The lowest BCUT2D eigenvalue weighted by Crippen LogP contribution is -2.34. The average Bonchev–Trinajstić information content (AvgIpc) is 3.56. The van der Waals surface area contributed by atoms with Gasteiger partial charge in [0.25, 0.3) is 0 Å². The van der Waals surface area contributed by atoms with Gasteiger partial charge in [0.05, 0.1) is 0 Å². The number of aliphatic carboxylic acids is 1. The largest absolute Gasteiger partial charge is 0.480 e. The molecule has 1 aromatic heterocycles. The molecule has 0 spiro atoms. The molecule has 2 aromatic rings. The molecule has 0 amide bonds. The smallest absolute Gasteiger partial charge is 0.323 e. The Hall–Kier alpha value is -2.15. The summed E-state index contributed by atoms with van der Waals surface area (Å²) in [6.07, 6.45) is 6.30. The molecule has 7 heteroatoms. The fourth-order valence-electron chi connectivity index (χ4n) is 3.80. The van der Waals surface area contributed by atoms with E-state index < -0.39 is 5.97 Å². The van der Waals surface area contributed by atoms with E-state index in [2.05, 4.69) is 16.4 Å². The van der Waals surface area contributed by atoms with Gasteiger partial charge in [-0.05, 0) is 67.0 Å². The van der Waals surface area contributed by atoms with Crippen LogP contribution < -0.4 is 10.2 Å². The summed E-state index contributed by atoms with van der Waals surface area (Å²) in [5, 5.41) is 13.6. The molecule has 154 valence electrons. The molecular formula is C22H26ClN3O3. The van der Waals surface area contributed by atoms with Crippen LogP contribution in [-0.2, 0) is 16.1 Å². The number of nitrogens with zero attached hydrogens (tertiary/aromatic N) is 2. The Labute approximate surface area is 175 Å². The number of halogens is 1. The van der Waals surface area contributed by atoms with E-state index in [1.54, 1.807) is 17.0 Å². The average molecular weight is 416 g/mol. The summed E-state index contributed by atoms with van der Waals surface area (Å²) in [5.74, 6) is 0.269. The predicted molar refractivity (Wildman–Crippen MR) is 113 cm³/mol. The topological polar surface area (TPSA) is 74.7 Å². The van der Waals surface area contributed by atoms with Gasteiger partial charge in [-0.25, -0.2) is 4.98 Å².